The molecule has 30 heavy (non-hydrogen) atoms. The van der Waals surface area contributed by atoms with Crippen molar-refractivity contribution in [1.29, 1.82) is 0 Å². The second kappa shape index (κ2) is 9.34. The fraction of sp³-hybridized carbons (Fsp3) is 0.304. The quantitative estimate of drug-likeness (QED) is 0.586. The van der Waals surface area contributed by atoms with Crippen molar-refractivity contribution in [2.75, 3.05) is 20.8 Å². The predicted molar refractivity (Wildman–Crippen MR) is 116 cm³/mol. The molecule has 1 heterocycles. The van der Waals surface area contributed by atoms with Gasteiger partial charge in [-0.1, -0.05) is 32.0 Å². The first kappa shape index (κ1) is 21.9. The Morgan fingerprint density at radius 1 is 0.967 bits per heavy atom. The number of imide groups is 1. The van der Waals surface area contributed by atoms with E-state index in [0.29, 0.717) is 34.0 Å². The summed E-state index contributed by atoms with van der Waals surface area (Å²) < 4.78 is 23.9. The normalized spacial score (nSPS) is 14.1. The molecule has 2 aromatic carbocycles. The molecule has 2 amide bonds. The van der Waals surface area contributed by atoms with Crippen molar-refractivity contribution in [1.82, 2.24) is 4.90 Å². The highest BCUT2D eigenvalue weighted by molar-refractivity contribution is 8.04. The summed E-state index contributed by atoms with van der Waals surface area (Å²) in [5.41, 5.74) is 1.80. The minimum absolute atomic E-state index is 0.123. The Morgan fingerprint density at radius 2 is 1.63 bits per heavy atom. The summed E-state index contributed by atoms with van der Waals surface area (Å²) in [5.74, 6) is 0.161. The van der Waals surface area contributed by atoms with Gasteiger partial charge in [-0.15, -0.1) is 11.8 Å². The van der Waals surface area contributed by atoms with E-state index in [1.54, 1.807) is 20.3 Å². The van der Waals surface area contributed by atoms with Crippen molar-refractivity contribution in [3.63, 3.8) is 0 Å². The van der Waals surface area contributed by atoms with Crippen LogP contribution < -0.4 is 9.47 Å². The monoisotopic (exact) mass is 429 g/mol. The first-order valence-corrected chi connectivity index (χ1v) is 10.5. The maximum atomic E-state index is 13.4. The standard InChI is InChI=1S/C23H24FNO4S/c1-14(2)30-21-20(16-6-8-17(24)9-7-16)22(26)25(23(21)27)12-11-15-5-10-18(28-3)19(13-15)29-4/h5-10,13-14H,11-12H2,1-4H3. The molecule has 0 unspecified atom stereocenters. The first-order valence-electron chi connectivity index (χ1n) is 9.59. The number of carbonyl (C=O) groups is 2. The Morgan fingerprint density at radius 3 is 2.23 bits per heavy atom. The summed E-state index contributed by atoms with van der Waals surface area (Å²) in [4.78, 5) is 27.9. The van der Waals surface area contributed by atoms with Crippen molar-refractivity contribution in [3.05, 3.63) is 64.3 Å². The summed E-state index contributed by atoms with van der Waals surface area (Å²) >= 11 is 1.35. The van der Waals surface area contributed by atoms with E-state index in [-0.39, 0.29) is 29.4 Å². The van der Waals surface area contributed by atoms with E-state index < -0.39 is 0 Å². The first-order chi connectivity index (χ1) is 14.3. The van der Waals surface area contributed by atoms with Gasteiger partial charge in [-0.05, 0) is 41.8 Å². The Balaban J connectivity index is 1.85. The Bertz CT molecular complexity index is 985. The molecule has 158 valence electrons. The van der Waals surface area contributed by atoms with E-state index in [4.69, 9.17) is 9.47 Å². The van der Waals surface area contributed by atoms with Gasteiger partial charge >= 0.3 is 0 Å². The van der Waals surface area contributed by atoms with Gasteiger partial charge in [0.25, 0.3) is 11.8 Å². The molecule has 0 spiro atoms. The smallest absolute Gasteiger partial charge is 0.268 e. The van der Waals surface area contributed by atoms with Crippen molar-refractivity contribution >= 4 is 29.1 Å². The predicted octanol–water partition coefficient (Wildman–Crippen LogP) is 4.31. The third-order valence-corrected chi connectivity index (χ3v) is 5.77. The number of rotatable bonds is 8. The molecule has 0 N–H and O–H groups in total. The van der Waals surface area contributed by atoms with Crippen molar-refractivity contribution in [2.24, 2.45) is 0 Å². The summed E-state index contributed by atoms with van der Waals surface area (Å²) in [7, 11) is 3.12. The molecular formula is C23H24FNO4S. The van der Waals surface area contributed by atoms with E-state index in [1.165, 1.54) is 40.9 Å². The Labute approximate surface area is 179 Å². The molecule has 0 radical (unpaired) electrons. The number of nitrogens with zero attached hydrogens (tertiary/aromatic N) is 1. The highest BCUT2D eigenvalue weighted by Gasteiger charge is 2.39. The molecule has 0 saturated heterocycles. The van der Waals surface area contributed by atoms with Crippen molar-refractivity contribution < 1.29 is 23.5 Å². The molecule has 0 atom stereocenters. The van der Waals surface area contributed by atoms with Gasteiger partial charge in [0.05, 0.1) is 24.7 Å². The number of methoxy groups -OCH3 is 2. The van der Waals surface area contributed by atoms with E-state index in [9.17, 15) is 14.0 Å². The third-order valence-electron chi connectivity index (χ3n) is 4.68. The molecule has 0 aromatic heterocycles. The number of halogens is 1. The minimum atomic E-state index is -0.389. The van der Waals surface area contributed by atoms with Crippen molar-refractivity contribution in [3.8, 4) is 11.5 Å². The molecule has 1 aliphatic heterocycles. The number of carbonyl (C=O) groups excluding carboxylic acids is 2. The van der Waals surface area contributed by atoms with Gasteiger partial charge < -0.3 is 9.47 Å². The zero-order valence-corrected chi connectivity index (χ0v) is 18.2. The van der Waals surface area contributed by atoms with Crippen LogP contribution in [-0.2, 0) is 16.0 Å². The molecular weight excluding hydrogens is 405 g/mol. The van der Waals surface area contributed by atoms with Crippen LogP contribution >= 0.6 is 11.8 Å². The van der Waals surface area contributed by atoms with Crippen LogP contribution in [0.15, 0.2) is 47.4 Å². The van der Waals surface area contributed by atoms with Gasteiger partial charge in [0.1, 0.15) is 5.82 Å². The lowest BCUT2D eigenvalue weighted by Crippen LogP contribution is -2.33. The van der Waals surface area contributed by atoms with Gasteiger partial charge in [0.2, 0.25) is 0 Å². The van der Waals surface area contributed by atoms with Crippen LogP contribution in [0.5, 0.6) is 11.5 Å². The zero-order valence-electron chi connectivity index (χ0n) is 17.4. The average molecular weight is 430 g/mol. The van der Waals surface area contributed by atoms with E-state index in [0.717, 1.165) is 5.56 Å². The van der Waals surface area contributed by atoms with E-state index in [2.05, 4.69) is 0 Å². The molecule has 0 aliphatic carbocycles. The van der Waals surface area contributed by atoms with Gasteiger partial charge in [-0.3, -0.25) is 14.5 Å². The maximum Gasteiger partial charge on any atom is 0.268 e. The average Bonchev–Trinajstić information content (AvgIpc) is 2.95. The number of hydrogen-bond donors (Lipinski definition) is 0. The maximum absolute atomic E-state index is 13.4. The molecule has 0 saturated carbocycles. The minimum Gasteiger partial charge on any atom is -0.493 e. The molecule has 7 heteroatoms. The molecule has 3 rings (SSSR count). The molecule has 2 aromatic rings. The van der Waals surface area contributed by atoms with Crippen LogP contribution in [-0.4, -0.2) is 42.7 Å². The number of benzene rings is 2. The Hall–Kier alpha value is -2.80. The Kier molecular flexibility index (Phi) is 6.82. The van der Waals surface area contributed by atoms with Gasteiger partial charge in [0.15, 0.2) is 11.5 Å². The van der Waals surface area contributed by atoms with Gasteiger partial charge in [-0.2, -0.15) is 0 Å². The molecule has 0 fully saturated rings. The lowest BCUT2D eigenvalue weighted by molar-refractivity contribution is -0.136. The number of thioether (sulfide) groups is 1. The zero-order chi connectivity index (χ0) is 21.8. The van der Waals surface area contributed by atoms with Crippen LogP contribution in [0.4, 0.5) is 4.39 Å². The lowest BCUT2D eigenvalue weighted by Gasteiger charge is -2.16. The van der Waals surface area contributed by atoms with Crippen LogP contribution in [0.3, 0.4) is 0 Å². The second-order valence-corrected chi connectivity index (χ2v) is 8.67. The number of ether oxygens (including phenoxy) is 2. The fourth-order valence-electron chi connectivity index (χ4n) is 3.25. The summed E-state index contributed by atoms with van der Waals surface area (Å²) in [5, 5.41) is 0.123. The highest BCUT2D eigenvalue weighted by atomic mass is 32.2. The highest BCUT2D eigenvalue weighted by Crippen LogP contribution is 2.38. The third kappa shape index (κ3) is 4.51. The largest absolute Gasteiger partial charge is 0.493 e. The van der Waals surface area contributed by atoms with Crippen molar-refractivity contribution in [2.45, 2.75) is 25.5 Å². The molecule has 0 bridgehead atoms. The van der Waals surface area contributed by atoms with Gasteiger partial charge in [0, 0.05) is 11.8 Å². The fourth-order valence-corrected chi connectivity index (χ4v) is 4.26. The van der Waals surface area contributed by atoms with Crippen LogP contribution in [0, 0.1) is 5.82 Å². The van der Waals surface area contributed by atoms with Crippen LogP contribution in [0.1, 0.15) is 25.0 Å². The SMILES string of the molecule is COc1ccc(CCN2C(=O)C(SC(C)C)=C(c3ccc(F)cc3)C2=O)cc1OC. The van der Waals surface area contributed by atoms with Crippen LogP contribution in [0.2, 0.25) is 0 Å². The summed E-state index contributed by atoms with van der Waals surface area (Å²) in [6.07, 6.45) is 0.480. The lowest BCUT2D eigenvalue weighted by atomic mass is 10.1. The molecule has 1 aliphatic rings. The van der Waals surface area contributed by atoms with Crippen LogP contribution in [0.25, 0.3) is 5.57 Å². The summed E-state index contributed by atoms with van der Waals surface area (Å²) in [6, 6.07) is 11.2. The summed E-state index contributed by atoms with van der Waals surface area (Å²) in [6.45, 7) is 4.16. The van der Waals surface area contributed by atoms with Gasteiger partial charge in [-0.25, -0.2) is 4.39 Å². The number of hydrogen-bond acceptors (Lipinski definition) is 5. The van der Waals surface area contributed by atoms with E-state index >= 15 is 0 Å². The number of amides is 2. The topological polar surface area (TPSA) is 55.8 Å². The second-order valence-electron chi connectivity index (χ2n) is 7.08. The molecule has 5 nitrogen and oxygen atoms in total. The van der Waals surface area contributed by atoms with E-state index in [1.807, 2.05) is 26.0 Å².